The summed E-state index contributed by atoms with van der Waals surface area (Å²) in [4.78, 5) is 0. The number of benzene rings is 4. The van der Waals surface area contributed by atoms with Gasteiger partial charge >= 0.3 is 0 Å². The third-order valence-corrected chi connectivity index (χ3v) is 9.37. The fourth-order valence-corrected chi connectivity index (χ4v) is 5.98. The van der Waals surface area contributed by atoms with Crippen molar-refractivity contribution in [2.75, 3.05) is 26.4 Å². The van der Waals surface area contributed by atoms with Gasteiger partial charge in [-0.1, -0.05) is 168 Å². The van der Waals surface area contributed by atoms with Crippen molar-refractivity contribution in [3.05, 3.63) is 119 Å². The first-order chi connectivity index (χ1) is 28.5. The summed E-state index contributed by atoms with van der Waals surface area (Å²) in [5.74, 6) is 4.00. The van der Waals surface area contributed by atoms with Gasteiger partial charge in [-0.15, -0.1) is 0 Å². The molecule has 0 aliphatic carbocycles. The summed E-state index contributed by atoms with van der Waals surface area (Å²) in [6, 6.07) is 33.9. The van der Waals surface area contributed by atoms with Crippen molar-refractivity contribution < 1.29 is 18.9 Å². The van der Waals surface area contributed by atoms with Gasteiger partial charge in [0, 0.05) is 0 Å². The highest BCUT2D eigenvalue weighted by Crippen LogP contribution is 2.17. The van der Waals surface area contributed by atoms with Crippen molar-refractivity contribution in [1.29, 1.82) is 0 Å². The average Bonchev–Trinajstić information content (AvgIpc) is 3.25. The normalized spacial score (nSPS) is 10.2. The first-order valence-electron chi connectivity index (χ1n) is 23.3. The van der Waals surface area contributed by atoms with Crippen LogP contribution in [0.25, 0.3) is 0 Å². The molecule has 0 saturated carbocycles. The number of ether oxygens (including phenoxy) is 4. The van der Waals surface area contributed by atoms with Crippen LogP contribution in [0.2, 0.25) is 0 Å². The molecule has 0 unspecified atom stereocenters. The van der Waals surface area contributed by atoms with Crippen molar-refractivity contribution in [1.82, 2.24) is 0 Å². The molecule has 0 radical (unpaired) electrons. The molecule has 0 atom stereocenters. The topological polar surface area (TPSA) is 36.9 Å². The average molecular weight is 797 g/mol. The van der Waals surface area contributed by atoms with Crippen LogP contribution in [0.4, 0.5) is 0 Å². The lowest BCUT2D eigenvalue weighted by molar-refractivity contribution is 0.305. The number of aryl methyl sites for hydroxylation is 4. The Bertz CT molecular complexity index is 1430. The fourth-order valence-electron chi connectivity index (χ4n) is 5.98. The minimum atomic E-state index is 0.813. The first-order valence-corrected chi connectivity index (χ1v) is 23.3. The summed E-state index contributed by atoms with van der Waals surface area (Å²) < 4.78 is 22.4. The molecule has 4 aromatic rings. The van der Waals surface area contributed by atoms with Gasteiger partial charge in [-0.3, -0.25) is 0 Å². The smallest absolute Gasteiger partial charge is 0.119 e. The van der Waals surface area contributed by atoms with Crippen molar-refractivity contribution >= 4 is 0 Å². The Morgan fingerprint density at radius 2 is 0.500 bits per heavy atom. The highest BCUT2D eigenvalue weighted by Gasteiger charge is 1.98. The second-order valence-electron chi connectivity index (χ2n) is 15.1. The van der Waals surface area contributed by atoms with E-state index in [0.29, 0.717) is 0 Å². The van der Waals surface area contributed by atoms with Crippen LogP contribution in [-0.2, 0) is 25.7 Å². The van der Waals surface area contributed by atoms with Crippen LogP contribution in [0.3, 0.4) is 0 Å². The Hall–Kier alpha value is -3.92. The molecule has 0 bridgehead atoms. The van der Waals surface area contributed by atoms with E-state index >= 15 is 0 Å². The summed E-state index contributed by atoms with van der Waals surface area (Å²) >= 11 is 0. The quantitative estimate of drug-likeness (QED) is 0.0593. The predicted octanol–water partition coefficient (Wildman–Crippen LogP) is 16.1. The molecule has 4 aromatic carbocycles. The molecule has 0 heterocycles. The maximum atomic E-state index is 5.69. The van der Waals surface area contributed by atoms with Gasteiger partial charge in [-0.05, 0) is 122 Å². The van der Waals surface area contributed by atoms with E-state index in [-0.39, 0.29) is 0 Å². The summed E-state index contributed by atoms with van der Waals surface area (Å²) in [6.45, 7) is 20.9. The Kier molecular flexibility index (Phi) is 33.6. The van der Waals surface area contributed by atoms with Crippen molar-refractivity contribution in [3.63, 3.8) is 0 Å². The summed E-state index contributed by atoms with van der Waals surface area (Å²) in [7, 11) is 0. The third-order valence-electron chi connectivity index (χ3n) is 9.37. The highest BCUT2D eigenvalue weighted by molar-refractivity contribution is 5.29. The Morgan fingerprint density at radius 3 is 0.776 bits per heavy atom. The van der Waals surface area contributed by atoms with E-state index in [0.717, 1.165) is 94.4 Å². The minimum absolute atomic E-state index is 0.813. The van der Waals surface area contributed by atoms with E-state index in [1.807, 2.05) is 0 Å². The largest absolute Gasteiger partial charge is 0.494 e. The molecule has 4 rings (SSSR count). The SMILES string of the molecule is CCCCCCOc1ccc(CCC)cc1.CCCCCOc1ccc(CCC)cc1.CCCCOc1ccc(CCC)cc1.CCCOc1ccc(CCC)cc1. The maximum Gasteiger partial charge on any atom is 0.119 e. The van der Waals surface area contributed by atoms with Gasteiger partial charge in [0.2, 0.25) is 0 Å². The van der Waals surface area contributed by atoms with E-state index in [2.05, 4.69) is 152 Å². The maximum absolute atomic E-state index is 5.69. The number of hydrogen-bond acceptors (Lipinski definition) is 4. The Balaban J connectivity index is 0.000000388. The molecule has 324 valence electrons. The van der Waals surface area contributed by atoms with Crippen LogP contribution < -0.4 is 18.9 Å². The van der Waals surface area contributed by atoms with E-state index in [1.54, 1.807) is 0 Å². The van der Waals surface area contributed by atoms with Crippen molar-refractivity contribution in [3.8, 4) is 23.0 Å². The predicted molar refractivity (Wildman–Crippen MR) is 253 cm³/mol. The standard InChI is InChI=1S/C15H24O.C14H22O.C13H20O.C12H18O/c1-3-5-6-7-13-16-15-11-9-14(8-4-2)10-12-15;1-3-5-6-12-15-14-10-8-13(7-4-2)9-11-14;1-3-5-11-14-13-9-7-12(6-4-2)8-10-13;1-3-5-11-6-8-12(9-7-11)13-10-4-2/h9-12H,3-8,13H2,1-2H3;8-11H,3-7,12H2,1-2H3;7-10H,3-6,11H2,1-2H3;6-9H,3-5,10H2,1-2H3. The molecule has 0 amide bonds. The molecular formula is C54H84O4. The lowest BCUT2D eigenvalue weighted by atomic mass is 10.1. The molecule has 0 aliphatic rings. The van der Waals surface area contributed by atoms with Gasteiger partial charge in [0.1, 0.15) is 23.0 Å². The van der Waals surface area contributed by atoms with E-state index in [9.17, 15) is 0 Å². The van der Waals surface area contributed by atoms with Gasteiger partial charge < -0.3 is 18.9 Å². The van der Waals surface area contributed by atoms with Crippen LogP contribution >= 0.6 is 0 Å². The van der Waals surface area contributed by atoms with Crippen molar-refractivity contribution in [2.45, 2.75) is 171 Å². The van der Waals surface area contributed by atoms with Gasteiger partial charge in [0.05, 0.1) is 26.4 Å². The molecule has 0 aliphatic heterocycles. The molecule has 0 saturated heterocycles. The summed E-state index contributed by atoms with van der Waals surface area (Å²) in [5.41, 5.74) is 5.60. The lowest BCUT2D eigenvalue weighted by Gasteiger charge is -2.06. The van der Waals surface area contributed by atoms with E-state index < -0.39 is 0 Å². The molecule has 0 spiro atoms. The highest BCUT2D eigenvalue weighted by atomic mass is 16.5. The minimum Gasteiger partial charge on any atom is -0.494 e. The number of hydrogen-bond donors (Lipinski definition) is 0. The fraction of sp³-hybridized carbons (Fsp3) is 0.556. The van der Waals surface area contributed by atoms with Crippen LogP contribution in [0.5, 0.6) is 23.0 Å². The van der Waals surface area contributed by atoms with Gasteiger partial charge in [0.15, 0.2) is 0 Å². The first kappa shape index (κ1) is 52.1. The van der Waals surface area contributed by atoms with Gasteiger partial charge in [0.25, 0.3) is 0 Å². The van der Waals surface area contributed by atoms with Crippen LogP contribution in [0.15, 0.2) is 97.1 Å². The van der Waals surface area contributed by atoms with E-state index in [1.165, 1.54) is 92.9 Å². The second kappa shape index (κ2) is 37.4. The molecular weight excluding hydrogens is 713 g/mol. The van der Waals surface area contributed by atoms with Crippen molar-refractivity contribution in [2.24, 2.45) is 0 Å². The number of rotatable bonds is 26. The summed E-state index contributed by atoms with van der Waals surface area (Å²) in [5, 5.41) is 0. The molecule has 4 heteroatoms. The monoisotopic (exact) mass is 797 g/mol. The number of unbranched alkanes of at least 4 members (excludes halogenated alkanes) is 6. The second-order valence-corrected chi connectivity index (χ2v) is 15.1. The van der Waals surface area contributed by atoms with Gasteiger partial charge in [-0.25, -0.2) is 0 Å². The Morgan fingerprint density at radius 1 is 0.241 bits per heavy atom. The van der Waals surface area contributed by atoms with E-state index in [4.69, 9.17) is 18.9 Å². The molecule has 58 heavy (non-hydrogen) atoms. The zero-order valence-electron chi connectivity index (χ0n) is 38.4. The third kappa shape index (κ3) is 27.7. The summed E-state index contributed by atoms with van der Waals surface area (Å²) in [6.07, 6.45) is 21.6. The molecule has 0 fully saturated rings. The molecule has 0 N–H and O–H groups in total. The van der Waals surface area contributed by atoms with Crippen LogP contribution in [-0.4, -0.2) is 26.4 Å². The van der Waals surface area contributed by atoms with Crippen LogP contribution in [0.1, 0.15) is 168 Å². The van der Waals surface area contributed by atoms with Crippen LogP contribution in [0, 0.1) is 0 Å². The lowest BCUT2D eigenvalue weighted by Crippen LogP contribution is -1.97. The molecule has 4 nitrogen and oxygen atoms in total. The Labute approximate surface area is 357 Å². The zero-order chi connectivity index (χ0) is 42.3. The molecule has 0 aromatic heterocycles. The van der Waals surface area contributed by atoms with Gasteiger partial charge in [-0.2, -0.15) is 0 Å². The zero-order valence-corrected chi connectivity index (χ0v) is 38.4.